The number of aliphatic hydroxyl groups excluding tert-OH is 6. The first kappa shape index (κ1) is 35.7. The summed E-state index contributed by atoms with van der Waals surface area (Å²) in [6, 6.07) is 0. The van der Waals surface area contributed by atoms with Gasteiger partial charge in [-0.05, 0) is 117 Å². The predicted molar refractivity (Wildman–Crippen MR) is 170 cm³/mol. The van der Waals surface area contributed by atoms with Gasteiger partial charge in [0, 0.05) is 0 Å². The Morgan fingerprint density at radius 3 is 2.22 bits per heavy atom. The molecular weight excluding hydrogens is 576 g/mol. The zero-order valence-corrected chi connectivity index (χ0v) is 28.8. The molecule has 45 heavy (non-hydrogen) atoms. The molecule has 1 saturated heterocycles. The van der Waals surface area contributed by atoms with Crippen LogP contribution in [0.3, 0.4) is 0 Å². The minimum Gasteiger partial charge on any atom is -0.394 e. The van der Waals surface area contributed by atoms with E-state index in [2.05, 4.69) is 54.5 Å². The van der Waals surface area contributed by atoms with Crippen molar-refractivity contribution in [3.8, 4) is 0 Å². The highest BCUT2D eigenvalue weighted by molar-refractivity contribution is 5.22. The Labute approximate surface area is 270 Å². The van der Waals surface area contributed by atoms with Crippen molar-refractivity contribution in [1.29, 1.82) is 0 Å². The standard InChI is InChI=1S/C36H62O9/c1-19(2)10-9-13-36(8,43)20-11-15-34(6)26(20)21(38)16-24-33(5)14-12-25(39)32(3,4)30(33)22(17-35(24,34)7)44-31-29(42)28(41)27(40)23(18-37)45-31/h10,20-31,37-43H,9,11-18H2,1-8H3/t20-,21-,22+,23+,24-,25+,26+,27+,28-,29+,30-,31+,33-,34+,35-,36-/m1/s1. The lowest BCUT2D eigenvalue weighted by Crippen LogP contribution is -2.71. The highest BCUT2D eigenvalue weighted by atomic mass is 16.7. The highest BCUT2D eigenvalue weighted by Crippen LogP contribution is 2.76. The van der Waals surface area contributed by atoms with Crippen LogP contribution in [0, 0.1) is 45.3 Å². The molecule has 4 aliphatic carbocycles. The first-order valence-corrected chi connectivity index (χ1v) is 17.4. The lowest BCUT2D eigenvalue weighted by atomic mass is 9.34. The van der Waals surface area contributed by atoms with Crippen molar-refractivity contribution in [2.24, 2.45) is 45.3 Å². The summed E-state index contributed by atoms with van der Waals surface area (Å²) in [6.07, 6.45) is -0.603. The van der Waals surface area contributed by atoms with Gasteiger partial charge in [0.15, 0.2) is 6.29 Å². The van der Waals surface area contributed by atoms with Gasteiger partial charge < -0.3 is 45.2 Å². The van der Waals surface area contributed by atoms with Gasteiger partial charge >= 0.3 is 0 Å². The van der Waals surface area contributed by atoms with E-state index in [1.54, 1.807) is 0 Å². The van der Waals surface area contributed by atoms with Crippen LogP contribution in [-0.2, 0) is 9.47 Å². The highest BCUT2D eigenvalue weighted by Gasteiger charge is 2.73. The molecule has 1 heterocycles. The Bertz CT molecular complexity index is 1100. The molecule has 1 aliphatic heterocycles. The SMILES string of the molecule is CC(C)=CCC[C@@](C)(O)[C@@H]1CC[C@@]2(C)[C@@H]1[C@H](O)C[C@@H]1[C@@]3(C)CC[C@H](O)C(C)(C)[C@H]3[C@@H](O[C@H]3O[C@@H](CO)[C@H](O)[C@@H](O)[C@@H]3O)C[C@]12C. The molecule has 4 saturated carbocycles. The van der Waals surface area contributed by atoms with Gasteiger partial charge in [-0.15, -0.1) is 0 Å². The zero-order chi connectivity index (χ0) is 33.5. The molecule has 0 amide bonds. The van der Waals surface area contributed by atoms with Crippen LogP contribution in [0.15, 0.2) is 11.6 Å². The fraction of sp³-hybridized carbons (Fsp3) is 0.944. The summed E-state index contributed by atoms with van der Waals surface area (Å²) < 4.78 is 12.6. The van der Waals surface area contributed by atoms with E-state index in [-0.39, 0.29) is 39.9 Å². The largest absolute Gasteiger partial charge is 0.394 e. The summed E-state index contributed by atoms with van der Waals surface area (Å²) in [6.45, 7) is 16.6. The molecule has 0 aromatic carbocycles. The number of fused-ring (bicyclic) bond motifs is 5. The molecule has 9 heteroatoms. The fourth-order valence-corrected chi connectivity index (χ4v) is 11.9. The van der Waals surface area contributed by atoms with E-state index in [0.717, 1.165) is 25.7 Å². The average molecular weight is 639 g/mol. The van der Waals surface area contributed by atoms with Crippen molar-refractivity contribution < 1.29 is 45.2 Å². The van der Waals surface area contributed by atoms with Crippen LogP contribution in [0.2, 0.25) is 0 Å². The number of ether oxygens (including phenoxy) is 2. The van der Waals surface area contributed by atoms with E-state index in [1.807, 2.05) is 6.92 Å². The van der Waals surface area contributed by atoms with Crippen molar-refractivity contribution in [1.82, 2.24) is 0 Å². The van der Waals surface area contributed by atoms with Crippen LogP contribution in [0.4, 0.5) is 0 Å². The third-order valence-electron chi connectivity index (χ3n) is 14.4. The van der Waals surface area contributed by atoms with Gasteiger partial charge in [0.05, 0.1) is 30.5 Å². The molecule has 5 rings (SSSR count). The van der Waals surface area contributed by atoms with Crippen LogP contribution >= 0.6 is 0 Å². The normalized spacial score (nSPS) is 52.2. The third kappa shape index (κ3) is 5.48. The smallest absolute Gasteiger partial charge is 0.186 e. The Balaban J connectivity index is 1.54. The summed E-state index contributed by atoms with van der Waals surface area (Å²) in [7, 11) is 0. The van der Waals surface area contributed by atoms with Gasteiger partial charge in [-0.3, -0.25) is 0 Å². The summed E-state index contributed by atoms with van der Waals surface area (Å²) in [5, 5.41) is 77.2. The van der Waals surface area contributed by atoms with Gasteiger partial charge in [0.2, 0.25) is 0 Å². The van der Waals surface area contributed by atoms with Gasteiger partial charge in [-0.2, -0.15) is 0 Å². The molecule has 5 aliphatic rings. The predicted octanol–water partition coefficient (Wildman–Crippen LogP) is 3.30. The summed E-state index contributed by atoms with van der Waals surface area (Å²) in [5.74, 6) is -0.186. The molecule has 16 atom stereocenters. The van der Waals surface area contributed by atoms with Crippen molar-refractivity contribution in [3.63, 3.8) is 0 Å². The number of aliphatic hydroxyl groups is 7. The molecule has 5 fully saturated rings. The monoisotopic (exact) mass is 638 g/mol. The van der Waals surface area contributed by atoms with E-state index in [9.17, 15) is 35.7 Å². The Morgan fingerprint density at radius 1 is 0.933 bits per heavy atom. The van der Waals surface area contributed by atoms with E-state index >= 15 is 0 Å². The van der Waals surface area contributed by atoms with E-state index in [4.69, 9.17) is 9.47 Å². The number of rotatable bonds is 7. The first-order chi connectivity index (χ1) is 20.8. The molecular formula is C36H62O9. The van der Waals surface area contributed by atoms with Crippen LogP contribution < -0.4 is 0 Å². The molecule has 7 N–H and O–H groups in total. The minimum atomic E-state index is -1.54. The maximum Gasteiger partial charge on any atom is 0.186 e. The summed E-state index contributed by atoms with van der Waals surface area (Å²) >= 11 is 0. The van der Waals surface area contributed by atoms with E-state index in [0.29, 0.717) is 25.7 Å². The Morgan fingerprint density at radius 2 is 1.60 bits per heavy atom. The van der Waals surface area contributed by atoms with Gasteiger partial charge in [0.25, 0.3) is 0 Å². The average Bonchev–Trinajstić information content (AvgIpc) is 3.33. The molecule has 260 valence electrons. The van der Waals surface area contributed by atoms with Crippen LogP contribution in [0.25, 0.3) is 0 Å². The van der Waals surface area contributed by atoms with Gasteiger partial charge in [-0.25, -0.2) is 0 Å². The second-order valence-electron chi connectivity index (χ2n) is 17.5. The molecule has 0 spiro atoms. The summed E-state index contributed by atoms with van der Waals surface area (Å²) in [4.78, 5) is 0. The van der Waals surface area contributed by atoms with Gasteiger partial charge in [-0.1, -0.05) is 46.3 Å². The van der Waals surface area contributed by atoms with Crippen molar-refractivity contribution in [2.45, 2.75) is 161 Å². The molecule has 0 aromatic heterocycles. The van der Waals surface area contributed by atoms with E-state index in [1.165, 1.54) is 5.57 Å². The minimum absolute atomic E-state index is 0.0548. The number of hydrogen-bond donors (Lipinski definition) is 7. The van der Waals surface area contributed by atoms with Crippen LogP contribution in [0.5, 0.6) is 0 Å². The van der Waals surface area contributed by atoms with Crippen molar-refractivity contribution >= 4 is 0 Å². The molecule has 0 bridgehead atoms. The first-order valence-electron chi connectivity index (χ1n) is 17.4. The van der Waals surface area contributed by atoms with E-state index < -0.39 is 66.6 Å². The van der Waals surface area contributed by atoms with Crippen molar-refractivity contribution in [2.75, 3.05) is 6.61 Å². The van der Waals surface area contributed by atoms with Crippen molar-refractivity contribution in [3.05, 3.63) is 11.6 Å². The number of allylic oxidation sites excluding steroid dienone is 2. The lowest BCUT2D eigenvalue weighted by molar-refractivity contribution is -0.346. The lowest BCUT2D eigenvalue weighted by Gasteiger charge is -2.72. The summed E-state index contributed by atoms with van der Waals surface area (Å²) in [5.41, 5.74) is -1.21. The Hall–Kier alpha value is -0.620. The third-order valence-corrected chi connectivity index (χ3v) is 14.4. The molecule has 9 nitrogen and oxygen atoms in total. The quantitative estimate of drug-likeness (QED) is 0.164. The van der Waals surface area contributed by atoms with Crippen LogP contribution in [0.1, 0.15) is 107 Å². The maximum absolute atomic E-state index is 12.1. The maximum atomic E-state index is 12.1. The number of hydrogen-bond acceptors (Lipinski definition) is 9. The van der Waals surface area contributed by atoms with Crippen LogP contribution in [-0.4, -0.2) is 97.0 Å². The zero-order valence-electron chi connectivity index (χ0n) is 28.8. The fourth-order valence-electron chi connectivity index (χ4n) is 11.9. The molecule has 0 aromatic rings. The Kier molecular flexibility index (Phi) is 9.56. The molecule has 0 radical (unpaired) electrons. The van der Waals surface area contributed by atoms with Gasteiger partial charge in [0.1, 0.15) is 24.4 Å². The topological polar surface area (TPSA) is 160 Å². The second kappa shape index (κ2) is 12.1. The molecule has 0 unspecified atom stereocenters. The second-order valence-corrected chi connectivity index (χ2v) is 17.5.